The number of halogens is 1. The van der Waals surface area contributed by atoms with E-state index < -0.39 is 11.8 Å². The molecule has 0 aliphatic rings. The number of hydrogen-bond acceptors (Lipinski definition) is 3. The highest BCUT2D eigenvalue weighted by Crippen LogP contribution is 2.10. The first-order valence-corrected chi connectivity index (χ1v) is 5.79. The van der Waals surface area contributed by atoms with Crippen LogP contribution in [-0.4, -0.2) is 16.1 Å². The van der Waals surface area contributed by atoms with Crippen LogP contribution in [0.5, 0.6) is 0 Å². The molecule has 0 unspecified atom stereocenters. The van der Waals surface area contributed by atoms with Gasteiger partial charge in [0.2, 0.25) is 0 Å². The van der Waals surface area contributed by atoms with Gasteiger partial charge in [0.25, 0.3) is 0 Å². The summed E-state index contributed by atoms with van der Waals surface area (Å²) in [5.41, 5.74) is 1.25. The normalized spacial score (nSPS) is 10.4. The lowest BCUT2D eigenvalue weighted by Crippen LogP contribution is -2.15. The maximum absolute atomic E-state index is 13.5. The van der Waals surface area contributed by atoms with Crippen molar-refractivity contribution in [3.05, 3.63) is 65.2 Å². The lowest BCUT2D eigenvalue weighted by molar-refractivity contribution is 0.0696. The predicted molar refractivity (Wildman–Crippen MR) is 68.1 cm³/mol. The van der Waals surface area contributed by atoms with Crippen LogP contribution < -0.4 is 5.32 Å². The molecule has 0 atom stereocenters. The first-order valence-electron chi connectivity index (χ1n) is 5.79. The monoisotopic (exact) mass is 260 g/mol. The molecule has 0 saturated carbocycles. The molecule has 2 N–H and O–H groups in total. The van der Waals surface area contributed by atoms with Gasteiger partial charge in [-0.2, -0.15) is 0 Å². The smallest absolute Gasteiger partial charge is 0.335 e. The third-order valence-corrected chi connectivity index (χ3v) is 2.64. The Hall–Kier alpha value is -2.27. The number of aromatic carboxylic acids is 1. The molecular weight excluding hydrogens is 247 g/mol. The van der Waals surface area contributed by atoms with E-state index in [1.54, 1.807) is 6.20 Å². The van der Waals surface area contributed by atoms with E-state index in [1.807, 2.05) is 18.2 Å². The van der Waals surface area contributed by atoms with Crippen molar-refractivity contribution in [3.63, 3.8) is 0 Å². The first kappa shape index (κ1) is 13.2. The van der Waals surface area contributed by atoms with E-state index in [1.165, 1.54) is 18.2 Å². The maximum atomic E-state index is 13.5. The Morgan fingerprint density at radius 3 is 2.79 bits per heavy atom. The Morgan fingerprint density at radius 1 is 1.26 bits per heavy atom. The average Bonchev–Trinajstić information content (AvgIpc) is 2.42. The molecule has 2 rings (SSSR count). The largest absolute Gasteiger partial charge is 0.478 e. The van der Waals surface area contributed by atoms with Crippen molar-refractivity contribution in [3.8, 4) is 0 Å². The molecule has 1 heterocycles. The Kier molecular flexibility index (Phi) is 4.20. The number of nitrogens with one attached hydrogen (secondary N) is 1. The number of carbonyl (C=O) groups is 1. The summed E-state index contributed by atoms with van der Waals surface area (Å²) in [4.78, 5) is 14.9. The molecule has 0 fully saturated rings. The first-order chi connectivity index (χ1) is 9.16. The van der Waals surface area contributed by atoms with Crippen LogP contribution in [0, 0.1) is 5.82 Å². The quantitative estimate of drug-likeness (QED) is 0.865. The van der Waals surface area contributed by atoms with Gasteiger partial charge in [-0.25, -0.2) is 9.18 Å². The highest BCUT2D eigenvalue weighted by atomic mass is 19.1. The van der Waals surface area contributed by atoms with Crippen LogP contribution in [0.3, 0.4) is 0 Å². The highest BCUT2D eigenvalue weighted by Gasteiger charge is 2.08. The Bertz CT molecular complexity index is 573. The maximum Gasteiger partial charge on any atom is 0.335 e. The number of nitrogens with zero attached hydrogens (tertiary/aromatic N) is 1. The summed E-state index contributed by atoms with van der Waals surface area (Å²) in [6.07, 6.45) is 1.68. The van der Waals surface area contributed by atoms with Gasteiger partial charge in [0.05, 0.1) is 11.3 Å². The lowest BCUT2D eigenvalue weighted by atomic mass is 10.1. The Morgan fingerprint density at radius 2 is 2.11 bits per heavy atom. The molecule has 4 nitrogen and oxygen atoms in total. The van der Waals surface area contributed by atoms with E-state index >= 15 is 0 Å². The molecule has 0 amide bonds. The van der Waals surface area contributed by atoms with Gasteiger partial charge in [0.15, 0.2) is 0 Å². The van der Waals surface area contributed by atoms with E-state index in [4.69, 9.17) is 5.11 Å². The molecule has 19 heavy (non-hydrogen) atoms. The standard InChI is InChI=1S/C14H13FN2O2/c15-13-5-4-10(14(18)19)7-11(13)8-16-9-12-3-1-2-6-17-12/h1-7,16H,8-9H2,(H,18,19). The van der Waals surface area contributed by atoms with Crippen molar-refractivity contribution < 1.29 is 14.3 Å². The molecule has 0 saturated heterocycles. The van der Waals surface area contributed by atoms with Gasteiger partial charge >= 0.3 is 5.97 Å². The number of benzene rings is 1. The minimum Gasteiger partial charge on any atom is -0.478 e. The van der Waals surface area contributed by atoms with Gasteiger partial charge in [-0.15, -0.1) is 0 Å². The fourth-order valence-electron chi connectivity index (χ4n) is 1.67. The third kappa shape index (κ3) is 3.59. The SMILES string of the molecule is O=C(O)c1ccc(F)c(CNCc2ccccn2)c1. The van der Waals surface area contributed by atoms with Gasteiger partial charge < -0.3 is 10.4 Å². The second-order valence-corrected chi connectivity index (χ2v) is 4.04. The number of carboxylic acids is 1. The summed E-state index contributed by atoms with van der Waals surface area (Å²) < 4.78 is 13.5. The van der Waals surface area contributed by atoms with Crippen LogP contribution in [0.25, 0.3) is 0 Å². The summed E-state index contributed by atoms with van der Waals surface area (Å²) in [6, 6.07) is 9.30. The van der Waals surface area contributed by atoms with Gasteiger partial charge in [-0.1, -0.05) is 6.07 Å². The Labute approximate surface area is 109 Å². The van der Waals surface area contributed by atoms with E-state index in [2.05, 4.69) is 10.3 Å². The molecular formula is C14H13FN2O2. The molecule has 0 bridgehead atoms. The van der Waals surface area contributed by atoms with Gasteiger partial charge in [-0.05, 0) is 30.3 Å². The molecule has 2 aromatic rings. The molecule has 1 aromatic heterocycles. The molecule has 0 radical (unpaired) electrons. The van der Waals surface area contributed by atoms with Crippen molar-refractivity contribution in [1.82, 2.24) is 10.3 Å². The fourth-order valence-corrected chi connectivity index (χ4v) is 1.67. The third-order valence-electron chi connectivity index (χ3n) is 2.64. The van der Waals surface area contributed by atoms with Crippen LogP contribution in [0.4, 0.5) is 4.39 Å². The number of carboxylic acid groups (broad SMARTS) is 1. The van der Waals surface area contributed by atoms with Gasteiger partial charge in [-0.3, -0.25) is 4.98 Å². The zero-order valence-electron chi connectivity index (χ0n) is 10.1. The van der Waals surface area contributed by atoms with Crippen LogP contribution in [0.15, 0.2) is 42.6 Å². The van der Waals surface area contributed by atoms with Gasteiger partial charge in [0.1, 0.15) is 5.82 Å². The average molecular weight is 260 g/mol. The van der Waals surface area contributed by atoms with Crippen molar-refractivity contribution in [1.29, 1.82) is 0 Å². The zero-order chi connectivity index (χ0) is 13.7. The van der Waals surface area contributed by atoms with E-state index in [9.17, 15) is 9.18 Å². The zero-order valence-corrected chi connectivity index (χ0v) is 10.1. The predicted octanol–water partition coefficient (Wildman–Crippen LogP) is 2.21. The van der Waals surface area contributed by atoms with E-state index in [0.717, 1.165) is 5.69 Å². The Balaban J connectivity index is 1.99. The van der Waals surface area contributed by atoms with Gasteiger partial charge in [0, 0.05) is 24.8 Å². The number of hydrogen-bond donors (Lipinski definition) is 2. The topological polar surface area (TPSA) is 62.2 Å². The lowest BCUT2D eigenvalue weighted by Gasteiger charge is -2.06. The summed E-state index contributed by atoms with van der Waals surface area (Å²) >= 11 is 0. The van der Waals surface area contributed by atoms with Crippen molar-refractivity contribution in [2.75, 3.05) is 0 Å². The van der Waals surface area contributed by atoms with E-state index in [0.29, 0.717) is 12.1 Å². The minimum absolute atomic E-state index is 0.0797. The second-order valence-electron chi connectivity index (χ2n) is 4.04. The van der Waals surface area contributed by atoms with Crippen molar-refractivity contribution >= 4 is 5.97 Å². The highest BCUT2D eigenvalue weighted by molar-refractivity contribution is 5.87. The number of pyridine rings is 1. The van der Waals surface area contributed by atoms with E-state index in [-0.39, 0.29) is 12.1 Å². The number of rotatable bonds is 5. The van der Waals surface area contributed by atoms with Crippen LogP contribution in [0.2, 0.25) is 0 Å². The molecule has 0 aliphatic heterocycles. The second kappa shape index (κ2) is 6.06. The van der Waals surface area contributed by atoms with Crippen LogP contribution in [0.1, 0.15) is 21.6 Å². The summed E-state index contributed by atoms with van der Waals surface area (Å²) in [5, 5.41) is 11.9. The minimum atomic E-state index is -1.06. The van der Waals surface area contributed by atoms with Crippen LogP contribution >= 0.6 is 0 Å². The molecule has 1 aromatic carbocycles. The van der Waals surface area contributed by atoms with Crippen molar-refractivity contribution in [2.45, 2.75) is 13.1 Å². The van der Waals surface area contributed by atoms with Crippen molar-refractivity contribution in [2.24, 2.45) is 0 Å². The summed E-state index contributed by atoms with van der Waals surface area (Å²) in [6.45, 7) is 0.751. The molecule has 0 aliphatic carbocycles. The summed E-state index contributed by atoms with van der Waals surface area (Å²) in [5.74, 6) is -1.48. The molecule has 0 spiro atoms. The molecule has 5 heteroatoms. The number of aromatic nitrogens is 1. The van der Waals surface area contributed by atoms with Crippen LogP contribution in [-0.2, 0) is 13.1 Å². The fraction of sp³-hybridized carbons (Fsp3) is 0.143. The summed E-state index contributed by atoms with van der Waals surface area (Å²) in [7, 11) is 0. The molecule has 98 valence electrons.